The summed E-state index contributed by atoms with van der Waals surface area (Å²) >= 11 is 0. The zero-order valence-electron chi connectivity index (χ0n) is 33.7. The predicted molar refractivity (Wildman–Crippen MR) is 251 cm³/mol. The monoisotopic (exact) mass is 748 g/mol. The van der Waals surface area contributed by atoms with Crippen molar-refractivity contribution in [1.29, 1.82) is 0 Å². The quantitative estimate of drug-likeness (QED) is 0.122. The van der Waals surface area contributed by atoms with Crippen LogP contribution < -0.4 is 9.80 Å². The zero-order chi connectivity index (χ0) is 39.8. The Morgan fingerprint density at radius 1 is 0.259 bits per heavy atom. The second-order valence-electron chi connectivity index (χ2n) is 15.1. The number of nitrogens with zero attached hydrogens (tertiary/aromatic N) is 2. The fourth-order valence-electron chi connectivity index (χ4n) is 7.39. The van der Waals surface area contributed by atoms with Crippen molar-refractivity contribution in [3.8, 4) is 11.1 Å². The van der Waals surface area contributed by atoms with Gasteiger partial charge in [-0.15, -0.1) is 0 Å². The molecule has 58 heavy (non-hydrogen) atoms. The molecule has 0 aromatic heterocycles. The number of aryl methyl sites for hydroxylation is 4. The first-order chi connectivity index (χ1) is 28.3. The van der Waals surface area contributed by atoms with E-state index >= 15 is 0 Å². The lowest BCUT2D eigenvalue weighted by Gasteiger charge is -2.26. The molecular weight excluding hydrogens is 701 g/mol. The number of rotatable bonds is 11. The van der Waals surface area contributed by atoms with Crippen LogP contribution in [-0.2, 0) is 0 Å². The number of anilines is 6. The maximum atomic E-state index is 2.32. The third-order valence-electron chi connectivity index (χ3n) is 10.4. The topological polar surface area (TPSA) is 6.48 Å². The van der Waals surface area contributed by atoms with Gasteiger partial charge in [-0.1, -0.05) is 146 Å². The third-order valence-corrected chi connectivity index (χ3v) is 10.4. The van der Waals surface area contributed by atoms with E-state index in [1.165, 1.54) is 44.5 Å². The Morgan fingerprint density at radius 2 is 0.500 bits per heavy atom. The maximum Gasteiger partial charge on any atom is 0.0464 e. The van der Waals surface area contributed by atoms with Crippen LogP contribution in [0.25, 0.3) is 35.4 Å². The summed E-state index contributed by atoms with van der Waals surface area (Å²) in [6.07, 6.45) is 8.73. The van der Waals surface area contributed by atoms with Crippen molar-refractivity contribution in [3.63, 3.8) is 0 Å². The molecule has 0 atom stereocenters. The molecule has 0 heterocycles. The molecule has 0 amide bonds. The molecule has 0 unspecified atom stereocenters. The number of benzene rings is 8. The molecule has 0 fully saturated rings. The van der Waals surface area contributed by atoms with Crippen molar-refractivity contribution in [2.24, 2.45) is 0 Å². The lowest BCUT2D eigenvalue weighted by molar-refractivity contribution is 1.26. The van der Waals surface area contributed by atoms with Gasteiger partial charge in [-0.25, -0.2) is 0 Å². The summed E-state index contributed by atoms with van der Waals surface area (Å²) in [5.74, 6) is 0. The molecule has 2 nitrogen and oxygen atoms in total. The highest BCUT2D eigenvalue weighted by Gasteiger charge is 2.14. The van der Waals surface area contributed by atoms with Crippen LogP contribution in [0.3, 0.4) is 0 Å². The minimum atomic E-state index is 1.13. The number of hydrogen-bond acceptors (Lipinski definition) is 2. The summed E-state index contributed by atoms with van der Waals surface area (Å²) in [5.41, 5.74) is 18.9. The molecule has 0 radical (unpaired) electrons. The van der Waals surface area contributed by atoms with E-state index in [0.29, 0.717) is 0 Å². The molecule has 8 aromatic rings. The van der Waals surface area contributed by atoms with Crippen LogP contribution in [0.5, 0.6) is 0 Å². The van der Waals surface area contributed by atoms with Gasteiger partial charge in [-0.2, -0.15) is 0 Å². The first kappa shape index (κ1) is 37.7. The highest BCUT2D eigenvalue weighted by atomic mass is 15.1. The van der Waals surface area contributed by atoms with Gasteiger partial charge in [0.1, 0.15) is 0 Å². The van der Waals surface area contributed by atoms with Crippen molar-refractivity contribution < 1.29 is 0 Å². The smallest absolute Gasteiger partial charge is 0.0464 e. The van der Waals surface area contributed by atoms with E-state index in [9.17, 15) is 0 Å². The Morgan fingerprint density at radius 3 is 0.741 bits per heavy atom. The van der Waals surface area contributed by atoms with Crippen LogP contribution >= 0.6 is 0 Å². The van der Waals surface area contributed by atoms with Crippen molar-refractivity contribution in [3.05, 3.63) is 239 Å². The van der Waals surface area contributed by atoms with Crippen molar-refractivity contribution >= 4 is 58.4 Å². The summed E-state index contributed by atoms with van der Waals surface area (Å²) in [5, 5.41) is 0. The van der Waals surface area contributed by atoms with E-state index < -0.39 is 0 Å². The molecule has 0 saturated carbocycles. The Labute approximate surface area is 344 Å². The van der Waals surface area contributed by atoms with Crippen molar-refractivity contribution in [2.75, 3.05) is 9.80 Å². The Kier molecular flexibility index (Phi) is 11.3. The van der Waals surface area contributed by atoms with Gasteiger partial charge in [0.25, 0.3) is 0 Å². The second kappa shape index (κ2) is 17.3. The van der Waals surface area contributed by atoms with Crippen LogP contribution in [0.1, 0.15) is 44.5 Å². The Balaban J connectivity index is 0.915. The average Bonchev–Trinajstić information content (AvgIpc) is 3.24. The van der Waals surface area contributed by atoms with Gasteiger partial charge in [-0.05, 0) is 156 Å². The van der Waals surface area contributed by atoms with Gasteiger partial charge in [0.2, 0.25) is 0 Å². The normalized spacial score (nSPS) is 11.3. The third kappa shape index (κ3) is 9.10. The lowest BCUT2D eigenvalue weighted by atomic mass is 10.0. The summed E-state index contributed by atoms with van der Waals surface area (Å²) in [7, 11) is 0. The molecule has 282 valence electrons. The van der Waals surface area contributed by atoms with Gasteiger partial charge in [-0.3, -0.25) is 0 Å². The van der Waals surface area contributed by atoms with Crippen LogP contribution in [0.15, 0.2) is 194 Å². The van der Waals surface area contributed by atoms with Gasteiger partial charge in [0.15, 0.2) is 0 Å². The van der Waals surface area contributed by atoms with E-state index in [2.05, 4.69) is 256 Å². The first-order valence-corrected chi connectivity index (χ1v) is 20.0. The predicted octanol–water partition coefficient (Wildman–Crippen LogP) is 15.9. The van der Waals surface area contributed by atoms with E-state index in [-0.39, 0.29) is 0 Å². The second-order valence-corrected chi connectivity index (χ2v) is 15.1. The molecule has 0 spiro atoms. The maximum absolute atomic E-state index is 2.32. The molecule has 8 rings (SSSR count). The molecular formula is C56H48N2. The molecule has 0 N–H and O–H groups in total. The van der Waals surface area contributed by atoms with Crippen LogP contribution in [0.4, 0.5) is 34.1 Å². The summed E-state index contributed by atoms with van der Waals surface area (Å²) < 4.78 is 0. The fourth-order valence-corrected chi connectivity index (χ4v) is 7.39. The van der Waals surface area contributed by atoms with Gasteiger partial charge >= 0.3 is 0 Å². The van der Waals surface area contributed by atoms with Crippen LogP contribution in [0.2, 0.25) is 0 Å². The first-order valence-electron chi connectivity index (χ1n) is 20.0. The van der Waals surface area contributed by atoms with Gasteiger partial charge in [0, 0.05) is 34.1 Å². The van der Waals surface area contributed by atoms with Gasteiger partial charge in [0.05, 0.1) is 0 Å². The van der Waals surface area contributed by atoms with E-state index in [1.54, 1.807) is 0 Å². The van der Waals surface area contributed by atoms with E-state index in [1.807, 2.05) is 0 Å². The Bertz CT molecular complexity index is 2400. The Hall–Kier alpha value is -7.16. The minimum Gasteiger partial charge on any atom is -0.310 e. The molecule has 0 aliphatic heterocycles. The van der Waals surface area contributed by atoms with E-state index in [4.69, 9.17) is 0 Å². The molecule has 0 aliphatic carbocycles. The molecule has 0 bridgehead atoms. The zero-order valence-corrected chi connectivity index (χ0v) is 33.7. The highest BCUT2D eigenvalue weighted by Crippen LogP contribution is 2.37. The van der Waals surface area contributed by atoms with E-state index in [0.717, 1.165) is 45.3 Å². The average molecular weight is 749 g/mol. The summed E-state index contributed by atoms with van der Waals surface area (Å²) in [6.45, 7) is 8.56. The fraction of sp³-hybridized carbons (Fsp3) is 0.0714. The lowest BCUT2D eigenvalue weighted by Crippen LogP contribution is -2.10. The molecule has 0 aliphatic rings. The number of hydrogen-bond donors (Lipinski definition) is 0. The van der Waals surface area contributed by atoms with Crippen LogP contribution in [0, 0.1) is 27.7 Å². The van der Waals surface area contributed by atoms with Crippen molar-refractivity contribution in [1.82, 2.24) is 0 Å². The standard InChI is InChI=1S/C56H48N2/c1-41-9-5-13-53(37-41)57(54-14-6-10-42(2)38-54)51-33-25-47(26-34-51)19-17-45-21-29-49(30-22-45)50-31-23-46(24-32-50)18-20-48-27-35-52(36-28-48)58(55-15-7-11-43(3)39-55)56-16-8-12-44(4)40-56/h5-40H,1-4H3/b19-17+,20-18+. The van der Waals surface area contributed by atoms with Gasteiger partial charge < -0.3 is 9.80 Å². The minimum absolute atomic E-state index is 1.13. The summed E-state index contributed by atoms with van der Waals surface area (Å²) in [6, 6.07) is 69.8. The highest BCUT2D eigenvalue weighted by molar-refractivity contribution is 5.81. The largest absolute Gasteiger partial charge is 0.310 e. The van der Waals surface area contributed by atoms with Crippen molar-refractivity contribution in [2.45, 2.75) is 27.7 Å². The molecule has 8 aromatic carbocycles. The molecule has 0 saturated heterocycles. The summed E-state index contributed by atoms with van der Waals surface area (Å²) in [4.78, 5) is 4.64. The molecule has 2 heteroatoms. The SMILES string of the molecule is Cc1cccc(N(c2ccc(/C=C/c3ccc(-c4ccc(/C=C/c5ccc(N(c6cccc(C)c6)c6cccc(C)c6)cc5)cc4)cc3)cc2)c2cccc(C)c2)c1. The van der Waals surface area contributed by atoms with Crippen LogP contribution in [-0.4, -0.2) is 0 Å².